The molecule has 0 aliphatic heterocycles. The van der Waals surface area contributed by atoms with Crippen molar-refractivity contribution < 1.29 is 14.6 Å². The number of carboxylic acids is 1. The number of aromatic carboxylic acids is 1. The average molecular weight is 233 g/mol. The zero-order valence-electron chi connectivity index (χ0n) is 9.10. The number of nitrogens with two attached hydrogens (primary N) is 1. The summed E-state index contributed by atoms with van der Waals surface area (Å²) in [6, 6.07) is 6.97. The van der Waals surface area contributed by atoms with Crippen LogP contribution in [0.25, 0.3) is 11.1 Å². The van der Waals surface area contributed by atoms with Crippen LogP contribution in [0.15, 0.2) is 24.3 Å². The highest BCUT2D eigenvalue weighted by molar-refractivity contribution is 5.97. The Bertz CT molecular complexity index is 563. The quantitative estimate of drug-likeness (QED) is 0.743. The third kappa shape index (κ3) is 1.92. The van der Waals surface area contributed by atoms with Crippen LogP contribution in [0.1, 0.15) is 10.5 Å². The first-order chi connectivity index (χ1) is 8.13. The number of anilines is 1. The summed E-state index contributed by atoms with van der Waals surface area (Å²) in [5.41, 5.74) is 6.64. The monoisotopic (exact) mass is 233 g/mol. The second kappa shape index (κ2) is 4.17. The molecule has 88 valence electrons. The lowest BCUT2D eigenvalue weighted by molar-refractivity contribution is 0.0691. The number of nitrogens with zero attached hydrogens (tertiary/aromatic N) is 1. The minimum absolute atomic E-state index is 0.0317. The molecule has 1 heterocycles. The number of hydrogen-bond acceptors (Lipinski definition) is 4. The molecule has 0 fully saturated rings. The van der Waals surface area contributed by atoms with Gasteiger partial charge in [0, 0.05) is 0 Å². The maximum Gasteiger partial charge on any atom is 0.354 e. The van der Waals surface area contributed by atoms with Crippen molar-refractivity contribution in [3.05, 3.63) is 30.0 Å². The largest absolute Gasteiger partial charge is 0.497 e. The van der Waals surface area contributed by atoms with Crippen molar-refractivity contribution in [3.63, 3.8) is 0 Å². The molecule has 0 saturated carbocycles. The van der Waals surface area contributed by atoms with E-state index in [-0.39, 0.29) is 11.5 Å². The number of methoxy groups -OCH3 is 1. The number of hydrogen-bond donors (Lipinski definition) is 3. The van der Waals surface area contributed by atoms with Crippen molar-refractivity contribution in [2.45, 2.75) is 0 Å². The van der Waals surface area contributed by atoms with Gasteiger partial charge in [-0.1, -0.05) is 12.1 Å². The fraction of sp³-hybridized carbons (Fsp3) is 0.0909. The Morgan fingerprint density at radius 3 is 2.94 bits per heavy atom. The van der Waals surface area contributed by atoms with Gasteiger partial charge in [-0.25, -0.2) is 4.79 Å². The summed E-state index contributed by atoms with van der Waals surface area (Å²) in [5, 5.41) is 15.1. The van der Waals surface area contributed by atoms with Gasteiger partial charge < -0.3 is 15.6 Å². The van der Waals surface area contributed by atoms with Crippen LogP contribution in [0, 0.1) is 0 Å². The lowest BCUT2D eigenvalue weighted by Crippen LogP contribution is -1.99. The topological polar surface area (TPSA) is 101 Å². The second-order valence-corrected chi connectivity index (χ2v) is 3.40. The number of H-pyrrole nitrogens is 1. The first-order valence-corrected chi connectivity index (χ1v) is 4.85. The molecule has 1 aromatic carbocycles. The number of carboxylic acid groups (broad SMARTS) is 1. The number of rotatable bonds is 3. The van der Waals surface area contributed by atoms with Gasteiger partial charge in [0.05, 0.1) is 12.7 Å². The van der Waals surface area contributed by atoms with Gasteiger partial charge in [0.2, 0.25) is 0 Å². The molecule has 0 saturated heterocycles. The van der Waals surface area contributed by atoms with Gasteiger partial charge in [0.25, 0.3) is 0 Å². The Balaban J connectivity index is 2.59. The highest BCUT2D eigenvalue weighted by Crippen LogP contribution is 2.30. The molecule has 4 N–H and O–H groups in total. The summed E-state index contributed by atoms with van der Waals surface area (Å²) in [6.45, 7) is 0. The van der Waals surface area contributed by atoms with Crippen molar-refractivity contribution in [2.24, 2.45) is 0 Å². The number of aromatic nitrogens is 2. The highest BCUT2D eigenvalue weighted by atomic mass is 16.5. The van der Waals surface area contributed by atoms with E-state index < -0.39 is 5.97 Å². The van der Waals surface area contributed by atoms with Crippen LogP contribution in [0.3, 0.4) is 0 Å². The first-order valence-electron chi connectivity index (χ1n) is 4.85. The molecule has 6 heteroatoms. The Labute approximate surface area is 97.0 Å². The van der Waals surface area contributed by atoms with Crippen LogP contribution in [-0.2, 0) is 0 Å². The lowest BCUT2D eigenvalue weighted by Gasteiger charge is -2.04. The zero-order chi connectivity index (χ0) is 12.4. The fourth-order valence-corrected chi connectivity index (χ4v) is 1.58. The van der Waals surface area contributed by atoms with Gasteiger partial charge in [-0.3, -0.25) is 5.10 Å². The van der Waals surface area contributed by atoms with Crippen LogP contribution >= 0.6 is 0 Å². The zero-order valence-corrected chi connectivity index (χ0v) is 9.10. The predicted octanol–water partition coefficient (Wildman–Crippen LogP) is 1.37. The Morgan fingerprint density at radius 1 is 1.53 bits per heavy atom. The van der Waals surface area contributed by atoms with Crippen LogP contribution in [0.4, 0.5) is 5.82 Å². The standard InChI is InChI=1S/C11H11N3O3/c1-17-7-4-2-3-6(5-7)8-9(11(15)16)13-14-10(8)12/h2-5H,1H3,(H,15,16)(H3,12,13,14). The molecule has 2 aromatic rings. The van der Waals surface area contributed by atoms with Crippen molar-refractivity contribution >= 4 is 11.8 Å². The minimum atomic E-state index is -1.10. The summed E-state index contributed by atoms with van der Waals surface area (Å²) in [6.07, 6.45) is 0. The molecule has 0 amide bonds. The normalized spacial score (nSPS) is 10.2. The molecule has 0 aliphatic rings. The number of ether oxygens (including phenoxy) is 1. The minimum Gasteiger partial charge on any atom is -0.497 e. The van der Waals surface area contributed by atoms with Crippen molar-refractivity contribution in [2.75, 3.05) is 12.8 Å². The Kier molecular flexibility index (Phi) is 2.70. The Morgan fingerprint density at radius 2 is 2.29 bits per heavy atom. The molecule has 1 aromatic heterocycles. The van der Waals surface area contributed by atoms with Crippen molar-refractivity contribution in [3.8, 4) is 16.9 Å². The smallest absolute Gasteiger partial charge is 0.354 e. The third-order valence-electron chi connectivity index (χ3n) is 2.37. The van der Waals surface area contributed by atoms with E-state index in [9.17, 15) is 4.79 Å². The highest BCUT2D eigenvalue weighted by Gasteiger charge is 2.18. The van der Waals surface area contributed by atoms with Crippen LogP contribution < -0.4 is 10.5 Å². The van der Waals surface area contributed by atoms with E-state index in [0.717, 1.165) is 0 Å². The van der Waals surface area contributed by atoms with Gasteiger partial charge in [-0.05, 0) is 17.7 Å². The second-order valence-electron chi connectivity index (χ2n) is 3.40. The maximum absolute atomic E-state index is 11.0. The molecule has 0 radical (unpaired) electrons. The molecular formula is C11H11N3O3. The number of carbonyl (C=O) groups is 1. The predicted molar refractivity (Wildman–Crippen MR) is 61.9 cm³/mol. The molecular weight excluding hydrogens is 222 g/mol. The van der Waals surface area contributed by atoms with Gasteiger partial charge in [0.15, 0.2) is 11.5 Å². The van der Waals surface area contributed by atoms with Gasteiger partial charge in [-0.2, -0.15) is 5.10 Å². The molecule has 2 rings (SSSR count). The summed E-state index contributed by atoms with van der Waals surface area (Å²) in [7, 11) is 1.54. The number of nitrogens with one attached hydrogen (secondary N) is 1. The Hall–Kier alpha value is -2.50. The molecule has 17 heavy (non-hydrogen) atoms. The summed E-state index contributed by atoms with van der Waals surface area (Å²) >= 11 is 0. The number of benzene rings is 1. The average Bonchev–Trinajstić information content (AvgIpc) is 2.71. The summed E-state index contributed by atoms with van der Waals surface area (Å²) in [4.78, 5) is 11.0. The first kappa shape index (κ1) is 11.0. The van der Waals surface area contributed by atoms with Crippen molar-refractivity contribution in [1.82, 2.24) is 10.2 Å². The van der Waals surface area contributed by atoms with Gasteiger partial charge in [0.1, 0.15) is 5.75 Å². The van der Waals surface area contributed by atoms with Gasteiger partial charge in [-0.15, -0.1) is 0 Å². The van der Waals surface area contributed by atoms with E-state index >= 15 is 0 Å². The molecule has 0 aliphatic carbocycles. The molecule has 0 bridgehead atoms. The fourth-order valence-electron chi connectivity index (χ4n) is 1.58. The van der Waals surface area contributed by atoms with Crippen LogP contribution in [0.2, 0.25) is 0 Å². The van der Waals surface area contributed by atoms with Crippen LogP contribution in [-0.4, -0.2) is 28.4 Å². The molecule has 0 unspecified atom stereocenters. The molecule has 6 nitrogen and oxygen atoms in total. The van der Waals surface area contributed by atoms with E-state index in [1.54, 1.807) is 24.3 Å². The van der Waals surface area contributed by atoms with Crippen LogP contribution in [0.5, 0.6) is 5.75 Å². The summed E-state index contributed by atoms with van der Waals surface area (Å²) < 4.78 is 5.07. The summed E-state index contributed by atoms with van der Waals surface area (Å²) in [5.74, 6) is -0.331. The van der Waals surface area contributed by atoms with E-state index in [4.69, 9.17) is 15.6 Å². The molecule has 0 spiro atoms. The maximum atomic E-state index is 11.0. The third-order valence-corrected chi connectivity index (χ3v) is 2.37. The van der Waals surface area contributed by atoms with Crippen molar-refractivity contribution in [1.29, 1.82) is 0 Å². The van der Waals surface area contributed by atoms with E-state index in [1.165, 1.54) is 7.11 Å². The number of aromatic amines is 1. The molecule has 0 atom stereocenters. The van der Waals surface area contributed by atoms with E-state index in [1.807, 2.05) is 0 Å². The lowest BCUT2D eigenvalue weighted by atomic mass is 10.1. The SMILES string of the molecule is COc1cccc(-c2c(N)n[nH]c2C(=O)O)c1. The van der Waals surface area contributed by atoms with E-state index in [2.05, 4.69) is 10.2 Å². The number of nitrogen functional groups attached to an aromatic ring is 1. The van der Waals surface area contributed by atoms with E-state index in [0.29, 0.717) is 16.9 Å². The van der Waals surface area contributed by atoms with Gasteiger partial charge >= 0.3 is 5.97 Å².